The molecule has 4 rings (SSSR count). The van der Waals surface area contributed by atoms with E-state index in [9.17, 15) is 30.7 Å². The molecule has 2 aromatic carbocycles. The van der Waals surface area contributed by atoms with Crippen LogP contribution in [0.5, 0.6) is 5.75 Å². The molecule has 0 bridgehead atoms. The Labute approximate surface area is 204 Å². The van der Waals surface area contributed by atoms with E-state index in [4.69, 9.17) is 9.47 Å². The summed E-state index contributed by atoms with van der Waals surface area (Å²) >= 11 is 0. The lowest BCUT2D eigenvalue weighted by atomic mass is 9.75. The molecule has 0 atom stereocenters. The van der Waals surface area contributed by atoms with Gasteiger partial charge in [0.1, 0.15) is 22.9 Å². The molecule has 0 aromatic heterocycles. The summed E-state index contributed by atoms with van der Waals surface area (Å²) in [6.07, 6.45) is 1.06. The lowest BCUT2D eigenvalue weighted by Crippen LogP contribution is -2.34. The fourth-order valence-electron chi connectivity index (χ4n) is 5.14. The van der Waals surface area contributed by atoms with E-state index in [0.29, 0.717) is 31.3 Å². The molecule has 1 aliphatic heterocycles. The van der Waals surface area contributed by atoms with Crippen molar-refractivity contribution in [2.75, 3.05) is 13.2 Å². The summed E-state index contributed by atoms with van der Waals surface area (Å²) in [6.45, 7) is 2.81. The summed E-state index contributed by atoms with van der Waals surface area (Å²) in [5.41, 5.74) is -1.90. The summed E-state index contributed by atoms with van der Waals surface area (Å²) in [7, 11) is 0. The Kier molecular flexibility index (Phi) is 8.14. The predicted octanol–water partition coefficient (Wildman–Crippen LogP) is 7.78. The molecule has 0 unspecified atom stereocenters. The molecule has 2 fully saturated rings. The molecule has 0 radical (unpaired) electrons. The second-order valence-corrected chi connectivity index (χ2v) is 9.51. The van der Waals surface area contributed by atoms with Gasteiger partial charge in [-0.2, -0.15) is 8.78 Å². The normalized spacial score (nSPS) is 25.1. The highest BCUT2D eigenvalue weighted by molar-refractivity contribution is 5.32. The van der Waals surface area contributed by atoms with E-state index in [0.717, 1.165) is 31.6 Å². The first kappa shape index (κ1) is 26.7. The monoisotopic (exact) mass is 520 g/mol. The van der Waals surface area contributed by atoms with Crippen LogP contribution in [-0.4, -0.2) is 13.2 Å². The highest BCUT2D eigenvalue weighted by atomic mass is 19.3. The molecule has 1 saturated carbocycles. The first-order valence-electron chi connectivity index (χ1n) is 12.0. The van der Waals surface area contributed by atoms with E-state index >= 15 is 0 Å². The zero-order valence-electron chi connectivity index (χ0n) is 19.6. The van der Waals surface area contributed by atoms with Gasteiger partial charge in [-0.3, -0.25) is 0 Å². The first-order valence-corrected chi connectivity index (χ1v) is 12.0. The lowest BCUT2D eigenvalue weighted by molar-refractivity contribution is -0.215. The Bertz CT molecular complexity index is 1020. The van der Waals surface area contributed by atoms with Crippen molar-refractivity contribution in [3.63, 3.8) is 0 Å². The molecule has 1 heterocycles. The Balaban J connectivity index is 1.42. The second-order valence-electron chi connectivity index (χ2n) is 9.51. The van der Waals surface area contributed by atoms with Crippen LogP contribution in [0.3, 0.4) is 0 Å². The standard InChI is InChI=1S/C26H27F7O3/c1-2-3-14-4-6-15(7-5-14)17-12-34-25(35-13-17)16-8-19(27)23(20(28)9-16)26(32,33)36-18-10-21(29)24(31)22(30)11-18/h8-11,14-15,17,25H,2-7,12-13H2,1H3. The van der Waals surface area contributed by atoms with Crippen LogP contribution in [0.4, 0.5) is 30.7 Å². The SMILES string of the molecule is CCCC1CCC(C2COC(c3cc(F)c(C(F)(F)Oc4cc(F)c(F)c(F)c4)c(F)c3)OC2)CC1. The van der Waals surface area contributed by atoms with Crippen LogP contribution in [0, 0.1) is 46.8 Å². The lowest BCUT2D eigenvalue weighted by Gasteiger charge is -2.38. The van der Waals surface area contributed by atoms with Crippen molar-refractivity contribution in [3.8, 4) is 5.75 Å². The highest BCUT2D eigenvalue weighted by Gasteiger charge is 2.42. The minimum atomic E-state index is -4.65. The predicted molar refractivity (Wildman–Crippen MR) is 116 cm³/mol. The van der Waals surface area contributed by atoms with Gasteiger partial charge in [0.05, 0.1) is 13.2 Å². The van der Waals surface area contributed by atoms with E-state index < -0.39 is 52.8 Å². The van der Waals surface area contributed by atoms with Crippen LogP contribution in [0.25, 0.3) is 0 Å². The van der Waals surface area contributed by atoms with E-state index in [1.165, 1.54) is 12.8 Å². The van der Waals surface area contributed by atoms with Crippen molar-refractivity contribution in [2.45, 2.75) is 57.8 Å². The average Bonchev–Trinajstić information content (AvgIpc) is 2.82. The summed E-state index contributed by atoms with van der Waals surface area (Å²) in [4.78, 5) is 0. The smallest absolute Gasteiger partial charge is 0.429 e. The zero-order chi connectivity index (χ0) is 26.0. The van der Waals surface area contributed by atoms with Crippen molar-refractivity contribution in [1.29, 1.82) is 0 Å². The third kappa shape index (κ3) is 5.80. The Hall–Kier alpha value is -2.33. The van der Waals surface area contributed by atoms with Gasteiger partial charge in [0.15, 0.2) is 23.7 Å². The number of hydrogen-bond donors (Lipinski definition) is 0. The summed E-state index contributed by atoms with van der Waals surface area (Å²) in [5, 5.41) is 0. The van der Waals surface area contributed by atoms with Crippen molar-refractivity contribution in [1.82, 2.24) is 0 Å². The number of halogens is 7. The topological polar surface area (TPSA) is 27.7 Å². The molecule has 1 aliphatic carbocycles. The van der Waals surface area contributed by atoms with Gasteiger partial charge in [0, 0.05) is 23.6 Å². The Morgan fingerprint density at radius 1 is 0.806 bits per heavy atom. The third-order valence-corrected chi connectivity index (χ3v) is 7.01. The van der Waals surface area contributed by atoms with Crippen molar-refractivity contribution < 1.29 is 44.9 Å². The third-order valence-electron chi connectivity index (χ3n) is 7.01. The van der Waals surface area contributed by atoms with Crippen LogP contribution in [0.1, 0.15) is 62.9 Å². The van der Waals surface area contributed by atoms with Crippen LogP contribution >= 0.6 is 0 Å². The number of ether oxygens (including phenoxy) is 3. The molecule has 198 valence electrons. The van der Waals surface area contributed by atoms with Crippen molar-refractivity contribution in [3.05, 3.63) is 64.5 Å². The first-order chi connectivity index (χ1) is 17.1. The van der Waals surface area contributed by atoms with E-state index in [1.807, 2.05) is 0 Å². The molecule has 36 heavy (non-hydrogen) atoms. The van der Waals surface area contributed by atoms with E-state index in [-0.39, 0.29) is 23.6 Å². The van der Waals surface area contributed by atoms with Gasteiger partial charge in [0.25, 0.3) is 0 Å². The fourth-order valence-corrected chi connectivity index (χ4v) is 5.14. The molecule has 2 aliphatic rings. The Morgan fingerprint density at radius 2 is 1.36 bits per heavy atom. The molecular formula is C26H27F7O3. The maximum absolute atomic E-state index is 14.6. The maximum Gasteiger partial charge on any atom is 0.432 e. The van der Waals surface area contributed by atoms with Crippen LogP contribution in [-0.2, 0) is 15.6 Å². The van der Waals surface area contributed by atoms with Crippen molar-refractivity contribution >= 4 is 0 Å². The number of rotatable bonds is 7. The van der Waals surface area contributed by atoms with Gasteiger partial charge in [-0.15, -0.1) is 0 Å². The molecule has 10 heteroatoms. The quantitative estimate of drug-likeness (QED) is 0.276. The van der Waals surface area contributed by atoms with Gasteiger partial charge < -0.3 is 14.2 Å². The molecule has 2 aromatic rings. The van der Waals surface area contributed by atoms with Crippen LogP contribution in [0.2, 0.25) is 0 Å². The van der Waals surface area contributed by atoms with Crippen molar-refractivity contribution in [2.24, 2.45) is 17.8 Å². The Morgan fingerprint density at radius 3 is 1.89 bits per heavy atom. The summed E-state index contributed by atoms with van der Waals surface area (Å²) in [6, 6.07) is 1.57. The molecular weight excluding hydrogens is 493 g/mol. The highest BCUT2D eigenvalue weighted by Crippen LogP contribution is 2.40. The van der Waals surface area contributed by atoms with Gasteiger partial charge in [-0.05, 0) is 36.8 Å². The van der Waals surface area contributed by atoms with Crippen LogP contribution in [0.15, 0.2) is 24.3 Å². The number of hydrogen-bond acceptors (Lipinski definition) is 3. The average molecular weight is 520 g/mol. The molecule has 0 amide bonds. The summed E-state index contributed by atoms with van der Waals surface area (Å²) in [5.74, 6) is -8.63. The number of benzene rings is 2. The van der Waals surface area contributed by atoms with E-state index in [1.54, 1.807) is 0 Å². The second kappa shape index (κ2) is 11.0. The zero-order valence-corrected chi connectivity index (χ0v) is 19.6. The summed E-state index contributed by atoms with van der Waals surface area (Å²) < 4.78 is 114. The van der Waals surface area contributed by atoms with Gasteiger partial charge >= 0.3 is 6.11 Å². The molecule has 0 spiro atoms. The van der Waals surface area contributed by atoms with Crippen LogP contribution < -0.4 is 4.74 Å². The minimum Gasteiger partial charge on any atom is -0.429 e. The fraction of sp³-hybridized carbons (Fsp3) is 0.538. The molecule has 3 nitrogen and oxygen atoms in total. The van der Waals surface area contributed by atoms with E-state index in [2.05, 4.69) is 11.7 Å². The largest absolute Gasteiger partial charge is 0.432 e. The van der Waals surface area contributed by atoms with Gasteiger partial charge in [0.2, 0.25) is 0 Å². The van der Waals surface area contributed by atoms with Gasteiger partial charge in [-0.1, -0.05) is 32.6 Å². The number of alkyl halides is 2. The molecule has 1 saturated heterocycles. The minimum absolute atomic E-state index is 0.131. The van der Waals surface area contributed by atoms with Gasteiger partial charge in [-0.25, -0.2) is 22.0 Å². The molecule has 0 N–H and O–H groups in total. The maximum atomic E-state index is 14.6.